The molecule has 0 saturated carbocycles. The second-order valence-electron chi connectivity index (χ2n) is 6.41. The number of carbonyl (C=O) groups excluding carboxylic acids is 1. The van der Waals surface area contributed by atoms with E-state index < -0.39 is 0 Å². The standard InChI is InChI=1S/C21H24N4O3/c1-24(12-4-5-16-6-11-19(27-2)20(13-16)28-3)21(26)17-7-9-18(10-8-17)25-15-22-14-23-25/h6-11,13-15H,4-5,12H2,1-3H3. The molecule has 3 rings (SSSR count). The molecule has 1 aromatic heterocycles. The summed E-state index contributed by atoms with van der Waals surface area (Å²) in [5.41, 5.74) is 2.67. The van der Waals surface area contributed by atoms with Gasteiger partial charge in [-0.05, 0) is 54.8 Å². The molecule has 3 aromatic rings. The minimum Gasteiger partial charge on any atom is -0.493 e. The average molecular weight is 380 g/mol. The molecule has 0 saturated heterocycles. The number of methoxy groups -OCH3 is 2. The highest BCUT2D eigenvalue weighted by molar-refractivity contribution is 5.94. The van der Waals surface area contributed by atoms with Crippen LogP contribution in [0.25, 0.3) is 5.69 Å². The van der Waals surface area contributed by atoms with E-state index in [1.54, 1.807) is 30.1 Å². The second-order valence-corrected chi connectivity index (χ2v) is 6.41. The summed E-state index contributed by atoms with van der Waals surface area (Å²) in [7, 11) is 5.07. The first kappa shape index (κ1) is 19.4. The Morgan fingerprint density at radius 1 is 1.07 bits per heavy atom. The Labute approximate surface area is 164 Å². The number of carbonyl (C=O) groups is 1. The van der Waals surface area contributed by atoms with Gasteiger partial charge < -0.3 is 14.4 Å². The van der Waals surface area contributed by atoms with E-state index in [4.69, 9.17) is 9.47 Å². The van der Waals surface area contributed by atoms with Crippen LogP contribution in [0.1, 0.15) is 22.3 Å². The topological polar surface area (TPSA) is 69.5 Å². The van der Waals surface area contributed by atoms with E-state index in [9.17, 15) is 4.79 Å². The Morgan fingerprint density at radius 2 is 1.82 bits per heavy atom. The van der Waals surface area contributed by atoms with Crippen LogP contribution in [-0.2, 0) is 6.42 Å². The maximum atomic E-state index is 12.6. The summed E-state index contributed by atoms with van der Waals surface area (Å²) in [4.78, 5) is 18.3. The number of hydrogen-bond acceptors (Lipinski definition) is 5. The van der Waals surface area contributed by atoms with E-state index in [1.165, 1.54) is 6.33 Å². The zero-order valence-corrected chi connectivity index (χ0v) is 16.3. The molecular weight excluding hydrogens is 356 g/mol. The van der Waals surface area contributed by atoms with Gasteiger partial charge >= 0.3 is 0 Å². The number of ether oxygens (including phenoxy) is 2. The van der Waals surface area contributed by atoms with Crippen molar-refractivity contribution in [3.05, 3.63) is 66.2 Å². The van der Waals surface area contributed by atoms with Crippen molar-refractivity contribution in [1.82, 2.24) is 19.7 Å². The quantitative estimate of drug-likeness (QED) is 0.601. The molecule has 7 nitrogen and oxygen atoms in total. The molecule has 7 heteroatoms. The van der Waals surface area contributed by atoms with Gasteiger partial charge in [0.05, 0.1) is 19.9 Å². The lowest BCUT2D eigenvalue weighted by atomic mass is 10.1. The summed E-state index contributed by atoms with van der Waals surface area (Å²) in [5, 5.41) is 4.08. The molecule has 0 aliphatic carbocycles. The zero-order chi connectivity index (χ0) is 19.9. The van der Waals surface area contributed by atoms with Gasteiger partial charge in [-0.15, -0.1) is 0 Å². The predicted octanol–water partition coefficient (Wildman–Crippen LogP) is 2.99. The fourth-order valence-electron chi connectivity index (χ4n) is 2.98. The molecule has 0 aliphatic heterocycles. The molecule has 0 aliphatic rings. The Morgan fingerprint density at radius 3 is 2.46 bits per heavy atom. The van der Waals surface area contributed by atoms with Crippen LogP contribution in [0.3, 0.4) is 0 Å². The van der Waals surface area contributed by atoms with Crippen LogP contribution < -0.4 is 9.47 Å². The lowest BCUT2D eigenvalue weighted by Crippen LogP contribution is -2.28. The lowest BCUT2D eigenvalue weighted by Gasteiger charge is -2.17. The Balaban J connectivity index is 1.54. The molecule has 0 spiro atoms. The van der Waals surface area contributed by atoms with Crippen molar-refractivity contribution in [3.63, 3.8) is 0 Å². The van der Waals surface area contributed by atoms with Crippen molar-refractivity contribution >= 4 is 5.91 Å². The Bertz CT molecular complexity index is 908. The smallest absolute Gasteiger partial charge is 0.253 e. The van der Waals surface area contributed by atoms with Crippen LogP contribution in [0.4, 0.5) is 0 Å². The molecule has 0 bridgehead atoms. The van der Waals surface area contributed by atoms with Crippen LogP contribution in [0.2, 0.25) is 0 Å². The van der Waals surface area contributed by atoms with Crippen molar-refractivity contribution in [2.45, 2.75) is 12.8 Å². The van der Waals surface area contributed by atoms with Crippen molar-refractivity contribution in [3.8, 4) is 17.2 Å². The van der Waals surface area contributed by atoms with Crippen LogP contribution in [0.15, 0.2) is 55.1 Å². The summed E-state index contributed by atoms with van der Waals surface area (Å²) in [6.07, 6.45) is 4.81. The third kappa shape index (κ3) is 4.49. The number of hydrogen-bond donors (Lipinski definition) is 0. The molecule has 1 heterocycles. The maximum absolute atomic E-state index is 12.6. The first-order chi connectivity index (χ1) is 13.6. The predicted molar refractivity (Wildman–Crippen MR) is 106 cm³/mol. The number of aromatic nitrogens is 3. The molecule has 28 heavy (non-hydrogen) atoms. The van der Waals surface area contributed by atoms with Crippen LogP contribution in [0, 0.1) is 0 Å². The highest BCUT2D eigenvalue weighted by Crippen LogP contribution is 2.28. The van der Waals surface area contributed by atoms with Gasteiger partial charge in [-0.3, -0.25) is 4.79 Å². The minimum absolute atomic E-state index is 0.00236. The number of aryl methyl sites for hydroxylation is 1. The summed E-state index contributed by atoms with van der Waals surface area (Å²) < 4.78 is 12.3. The molecule has 0 N–H and O–H groups in total. The molecule has 0 unspecified atom stereocenters. The number of benzene rings is 2. The molecule has 2 aromatic carbocycles. The van der Waals surface area contributed by atoms with Crippen molar-refractivity contribution in [2.24, 2.45) is 0 Å². The van der Waals surface area contributed by atoms with Crippen LogP contribution in [-0.4, -0.2) is 53.4 Å². The van der Waals surface area contributed by atoms with Crippen molar-refractivity contribution < 1.29 is 14.3 Å². The fraction of sp³-hybridized carbons (Fsp3) is 0.286. The van der Waals surface area contributed by atoms with E-state index >= 15 is 0 Å². The maximum Gasteiger partial charge on any atom is 0.253 e. The van der Waals surface area contributed by atoms with E-state index in [2.05, 4.69) is 10.1 Å². The molecule has 1 amide bonds. The van der Waals surface area contributed by atoms with E-state index in [1.807, 2.05) is 49.5 Å². The van der Waals surface area contributed by atoms with E-state index in [0.29, 0.717) is 17.9 Å². The molecule has 0 atom stereocenters. The van der Waals surface area contributed by atoms with E-state index in [-0.39, 0.29) is 5.91 Å². The zero-order valence-electron chi connectivity index (χ0n) is 16.3. The summed E-state index contributed by atoms with van der Waals surface area (Å²) in [5.74, 6) is 1.43. The highest BCUT2D eigenvalue weighted by atomic mass is 16.5. The van der Waals surface area contributed by atoms with E-state index in [0.717, 1.165) is 29.8 Å². The van der Waals surface area contributed by atoms with Gasteiger partial charge in [-0.1, -0.05) is 6.07 Å². The van der Waals surface area contributed by atoms with Gasteiger partial charge in [-0.25, -0.2) is 9.67 Å². The minimum atomic E-state index is -0.00236. The average Bonchev–Trinajstić information content (AvgIpc) is 3.28. The lowest BCUT2D eigenvalue weighted by molar-refractivity contribution is 0.0793. The molecule has 0 fully saturated rings. The van der Waals surface area contributed by atoms with Crippen molar-refractivity contribution in [1.29, 1.82) is 0 Å². The molecule has 0 radical (unpaired) electrons. The Hall–Kier alpha value is -3.35. The summed E-state index contributed by atoms with van der Waals surface area (Å²) in [6.45, 7) is 0.665. The second kappa shape index (κ2) is 9.03. The number of nitrogens with zero attached hydrogens (tertiary/aromatic N) is 4. The van der Waals surface area contributed by atoms with Crippen molar-refractivity contribution in [2.75, 3.05) is 27.8 Å². The van der Waals surface area contributed by atoms with Crippen LogP contribution in [0.5, 0.6) is 11.5 Å². The SMILES string of the molecule is COc1ccc(CCCN(C)C(=O)c2ccc(-n3cncn3)cc2)cc1OC. The van der Waals surface area contributed by atoms with Crippen LogP contribution >= 0.6 is 0 Å². The normalized spacial score (nSPS) is 10.5. The van der Waals surface area contributed by atoms with Gasteiger partial charge in [0.25, 0.3) is 5.91 Å². The number of amides is 1. The molecular formula is C21H24N4O3. The van der Waals surface area contributed by atoms with Gasteiger partial charge in [0, 0.05) is 19.2 Å². The molecule has 146 valence electrons. The monoisotopic (exact) mass is 380 g/mol. The summed E-state index contributed by atoms with van der Waals surface area (Å²) >= 11 is 0. The largest absolute Gasteiger partial charge is 0.493 e. The first-order valence-corrected chi connectivity index (χ1v) is 9.04. The Kier molecular flexibility index (Phi) is 6.26. The first-order valence-electron chi connectivity index (χ1n) is 9.04. The van der Waals surface area contributed by atoms with Gasteiger partial charge in [-0.2, -0.15) is 5.10 Å². The van der Waals surface area contributed by atoms with Gasteiger partial charge in [0.15, 0.2) is 11.5 Å². The third-order valence-corrected chi connectivity index (χ3v) is 4.55. The van der Waals surface area contributed by atoms with Gasteiger partial charge in [0.2, 0.25) is 0 Å². The highest BCUT2D eigenvalue weighted by Gasteiger charge is 2.12. The summed E-state index contributed by atoms with van der Waals surface area (Å²) in [6, 6.07) is 13.2. The van der Waals surface area contributed by atoms with Gasteiger partial charge in [0.1, 0.15) is 12.7 Å². The third-order valence-electron chi connectivity index (χ3n) is 4.55. The fourth-order valence-corrected chi connectivity index (χ4v) is 2.98. The number of rotatable bonds is 8.